The first-order valence-corrected chi connectivity index (χ1v) is 11.8. The van der Waals surface area contributed by atoms with Gasteiger partial charge in [-0.2, -0.15) is 0 Å². The Kier molecular flexibility index (Phi) is 4.81. The van der Waals surface area contributed by atoms with Crippen molar-refractivity contribution in [1.82, 2.24) is 0 Å². The average molecular weight is 506 g/mol. The third-order valence-electron chi connectivity index (χ3n) is 7.03. The van der Waals surface area contributed by atoms with Crippen LogP contribution in [0.4, 0.5) is 5.69 Å². The van der Waals surface area contributed by atoms with E-state index in [9.17, 15) is 19.2 Å². The highest BCUT2D eigenvalue weighted by atomic mass is 35.5. The fraction of sp³-hybridized carbons (Fsp3) is 0.185. The maximum atomic E-state index is 13.9. The minimum atomic E-state index is -2.12. The molecule has 6 rings (SSSR count). The summed E-state index contributed by atoms with van der Waals surface area (Å²) in [4.78, 5) is 56.2. The first-order chi connectivity index (χ1) is 16.7. The van der Waals surface area contributed by atoms with Gasteiger partial charge in [0.05, 0.1) is 23.6 Å². The number of halogens is 2. The highest BCUT2D eigenvalue weighted by Gasteiger charge is 2.74. The predicted molar refractivity (Wildman–Crippen MR) is 129 cm³/mol. The molecule has 0 unspecified atom stereocenters. The van der Waals surface area contributed by atoms with Gasteiger partial charge in [0.15, 0.2) is 0 Å². The van der Waals surface area contributed by atoms with Crippen molar-refractivity contribution in [3.8, 4) is 0 Å². The molecule has 3 aromatic carbocycles. The van der Waals surface area contributed by atoms with Crippen LogP contribution in [-0.2, 0) is 14.3 Å². The van der Waals surface area contributed by atoms with Gasteiger partial charge >= 0.3 is 0 Å². The molecule has 2 heterocycles. The molecule has 35 heavy (non-hydrogen) atoms. The minimum Gasteiger partial charge on any atom is -0.349 e. The van der Waals surface area contributed by atoms with Crippen LogP contribution >= 0.6 is 23.2 Å². The number of Topliss-reactive ketones (excluding diaryl/α,β-unsaturated/α-hetero) is 2. The monoisotopic (exact) mass is 505 g/mol. The molecule has 0 saturated carbocycles. The van der Waals surface area contributed by atoms with E-state index in [-0.39, 0.29) is 26.9 Å². The van der Waals surface area contributed by atoms with Crippen LogP contribution in [0.2, 0.25) is 10.0 Å². The van der Waals surface area contributed by atoms with Crippen molar-refractivity contribution in [3.05, 3.63) is 99.0 Å². The average Bonchev–Trinajstić information content (AvgIpc) is 3.39. The molecular weight excluding hydrogens is 489 g/mol. The number of fused-ring (bicyclic) bond motifs is 3. The predicted octanol–water partition coefficient (Wildman–Crippen LogP) is 5.00. The maximum absolute atomic E-state index is 13.9. The molecule has 174 valence electrons. The number of hydrogen-bond donors (Lipinski definition) is 0. The lowest BCUT2D eigenvalue weighted by atomic mass is 9.77. The van der Waals surface area contributed by atoms with E-state index < -0.39 is 46.9 Å². The number of ketones is 2. The molecule has 1 spiro atoms. The van der Waals surface area contributed by atoms with E-state index in [4.69, 9.17) is 27.9 Å². The quantitative estimate of drug-likeness (QED) is 0.361. The normalized spacial score (nSPS) is 24.4. The van der Waals surface area contributed by atoms with Crippen LogP contribution in [0.15, 0.2) is 66.7 Å². The first kappa shape index (κ1) is 22.2. The van der Waals surface area contributed by atoms with Crippen LogP contribution in [-0.4, -0.2) is 29.0 Å². The number of amides is 2. The van der Waals surface area contributed by atoms with Gasteiger partial charge in [0.1, 0.15) is 0 Å². The molecule has 3 aliphatic rings. The SMILES string of the molecule is Cc1ccc([C@@H]2OC3(C(=O)c4ccccc4C3=O)[C@H]3C(=O)N(c4cc(Cl)cc(Cl)c4)C(=O)[C@H]23)cc1. The number of anilines is 1. The highest BCUT2D eigenvalue weighted by molar-refractivity contribution is 6.38. The lowest BCUT2D eigenvalue weighted by Gasteiger charge is -2.27. The van der Waals surface area contributed by atoms with Crippen molar-refractivity contribution < 1.29 is 23.9 Å². The lowest BCUT2D eigenvalue weighted by Crippen LogP contribution is -2.51. The van der Waals surface area contributed by atoms with E-state index in [2.05, 4.69) is 0 Å². The molecule has 3 atom stereocenters. The second kappa shape index (κ2) is 7.59. The third kappa shape index (κ3) is 2.94. The molecular formula is C27H17Cl2NO5. The van der Waals surface area contributed by atoms with Crippen LogP contribution in [0.5, 0.6) is 0 Å². The number of nitrogens with zero attached hydrogens (tertiary/aromatic N) is 1. The highest BCUT2D eigenvalue weighted by Crippen LogP contribution is 2.57. The summed E-state index contributed by atoms with van der Waals surface area (Å²) in [5.41, 5.74) is 0.0256. The fourth-order valence-corrected chi connectivity index (χ4v) is 6.01. The minimum absolute atomic E-state index is 0.181. The smallest absolute Gasteiger partial charge is 0.241 e. The third-order valence-corrected chi connectivity index (χ3v) is 7.47. The Morgan fingerprint density at radius 2 is 1.37 bits per heavy atom. The number of hydrogen-bond acceptors (Lipinski definition) is 5. The van der Waals surface area contributed by atoms with Gasteiger partial charge < -0.3 is 4.74 Å². The Bertz CT molecular complexity index is 1410. The zero-order valence-electron chi connectivity index (χ0n) is 18.3. The van der Waals surface area contributed by atoms with Gasteiger partial charge in [-0.05, 0) is 30.7 Å². The number of rotatable bonds is 2. The van der Waals surface area contributed by atoms with E-state index in [1.165, 1.54) is 30.3 Å². The lowest BCUT2D eigenvalue weighted by molar-refractivity contribution is -0.127. The van der Waals surface area contributed by atoms with Gasteiger partial charge in [0.2, 0.25) is 29.0 Å². The molecule has 3 aromatic rings. The van der Waals surface area contributed by atoms with Gasteiger partial charge in [-0.25, -0.2) is 4.90 Å². The van der Waals surface area contributed by atoms with Gasteiger partial charge in [-0.1, -0.05) is 77.3 Å². The molecule has 2 amide bonds. The summed E-state index contributed by atoms with van der Waals surface area (Å²) in [5.74, 6) is -4.87. The summed E-state index contributed by atoms with van der Waals surface area (Å²) >= 11 is 12.3. The van der Waals surface area contributed by atoms with Crippen LogP contribution in [0, 0.1) is 18.8 Å². The summed E-state index contributed by atoms with van der Waals surface area (Å²) in [6.45, 7) is 1.92. The number of benzene rings is 3. The summed E-state index contributed by atoms with van der Waals surface area (Å²) in [7, 11) is 0. The van der Waals surface area contributed by atoms with Crippen molar-refractivity contribution in [3.63, 3.8) is 0 Å². The van der Waals surface area contributed by atoms with E-state index in [0.717, 1.165) is 10.5 Å². The molecule has 0 aromatic heterocycles. The Balaban J connectivity index is 1.55. The van der Waals surface area contributed by atoms with Crippen LogP contribution in [0.25, 0.3) is 0 Å². The second-order valence-electron chi connectivity index (χ2n) is 9.03. The molecule has 8 heteroatoms. The second-order valence-corrected chi connectivity index (χ2v) is 9.90. The standard InChI is InChI=1S/C27H17Cl2NO5/c1-13-6-8-14(9-7-13)22-20-21(26(34)30(25(20)33)17-11-15(28)10-16(29)12-17)27(35-22)23(31)18-4-2-3-5-19(18)24(27)32/h2-12,20-22H,1H3/t20-,21+,22-/m0/s1. The number of carbonyl (C=O) groups is 4. The molecule has 0 bridgehead atoms. The fourth-order valence-electron chi connectivity index (χ4n) is 5.50. The number of carbonyl (C=O) groups excluding carboxylic acids is 4. The zero-order chi connectivity index (χ0) is 24.6. The molecule has 6 nitrogen and oxygen atoms in total. The van der Waals surface area contributed by atoms with Gasteiger partial charge in [-0.15, -0.1) is 0 Å². The van der Waals surface area contributed by atoms with Gasteiger partial charge in [0, 0.05) is 21.2 Å². The Hall–Kier alpha value is -3.32. The molecule has 1 aliphatic carbocycles. The Morgan fingerprint density at radius 3 is 1.94 bits per heavy atom. The van der Waals surface area contributed by atoms with E-state index in [1.54, 1.807) is 24.3 Å². The molecule has 2 aliphatic heterocycles. The van der Waals surface area contributed by atoms with E-state index in [1.807, 2.05) is 19.1 Å². The molecule has 2 fully saturated rings. The van der Waals surface area contributed by atoms with E-state index >= 15 is 0 Å². The van der Waals surface area contributed by atoms with Gasteiger partial charge in [-0.3, -0.25) is 19.2 Å². The van der Waals surface area contributed by atoms with Gasteiger partial charge in [0.25, 0.3) is 0 Å². The van der Waals surface area contributed by atoms with Crippen molar-refractivity contribution in [2.24, 2.45) is 11.8 Å². The molecule has 0 radical (unpaired) electrons. The van der Waals surface area contributed by atoms with Crippen LogP contribution in [0.3, 0.4) is 0 Å². The largest absolute Gasteiger partial charge is 0.349 e. The first-order valence-electron chi connectivity index (χ1n) is 11.0. The number of ether oxygens (including phenoxy) is 1. The molecule has 2 saturated heterocycles. The number of imide groups is 1. The van der Waals surface area contributed by atoms with Crippen molar-refractivity contribution in [2.75, 3.05) is 4.90 Å². The van der Waals surface area contributed by atoms with Crippen molar-refractivity contribution >= 4 is 52.3 Å². The summed E-state index contributed by atoms with van der Waals surface area (Å²) in [6, 6.07) is 18.0. The number of aryl methyl sites for hydroxylation is 1. The summed E-state index contributed by atoms with van der Waals surface area (Å²) in [6.07, 6.45) is -0.973. The van der Waals surface area contributed by atoms with Crippen LogP contribution < -0.4 is 4.90 Å². The van der Waals surface area contributed by atoms with Crippen LogP contribution in [0.1, 0.15) is 37.9 Å². The summed E-state index contributed by atoms with van der Waals surface area (Å²) < 4.78 is 6.26. The van der Waals surface area contributed by atoms with Crippen molar-refractivity contribution in [1.29, 1.82) is 0 Å². The maximum Gasteiger partial charge on any atom is 0.241 e. The zero-order valence-corrected chi connectivity index (χ0v) is 19.8. The van der Waals surface area contributed by atoms with Crippen molar-refractivity contribution in [2.45, 2.75) is 18.6 Å². The Morgan fingerprint density at radius 1 is 0.800 bits per heavy atom. The molecule has 0 N–H and O–H groups in total. The topological polar surface area (TPSA) is 80.8 Å². The van der Waals surface area contributed by atoms with E-state index in [0.29, 0.717) is 5.56 Å². The Labute approximate surface area is 210 Å². The summed E-state index contributed by atoms with van der Waals surface area (Å²) in [5, 5.41) is 0.485.